The number of hydrazine groups is 1. The Morgan fingerprint density at radius 1 is 1.11 bits per heavy atom. The lowest BCUT2D eigenvalue weighted by molar-refractivity contribution is 0.271. The van der Waals surface area contributed by atoms with E-state index in [2.05, 4.69) is 10.4 Å². The Kier molecular flexibility index (Phi) is 5.69. The zero-order valence-electron chi connectivity index (χ0n) is 15.7. The molecular formula is C20H26N4O2S. The van der Waals surface area contributed by atoms with Gasteiger partial charge < -0.3 is 10.2 Å². The lowest BCUT2D eigenvalue weighted by atomic mass is 10.1. The fourth-order valence-corrected chi connectivity index (χ4v) is 4.56. The van der Waals surface area contributed by atoms with Crippen LogP contribution >= 0.6 is 11.8 Å². The second-order valence-corrected chi connectivity index (χ2v) is 8.13. The maximum Gasteiger partial charge on any atom is 0.259 e. The molecule has 2 aliphatic rings. The molecular weight excluding hydrogens is 360 g/mol. The van der Waals surface area contributed by atoms with Crippen LogP contribution in [0.3, 0.4) is 0 Å². The van der Waals surface area contributed by atoms with Crippen molar-refractivity contribution in [3.8, 4) is 5.75 Å². The summed E-state index contributed by atoms with van der Waals surface area (Å²) in [4.78, 5) is 18.1. The molecule has 0 aliphatic carbocycles. The maximum atomic E-state index is 13.2. The van der Waals surface area contributed by atoms with Gasteiger partial charge in [-0.3, -0.25) is 9.36 Å². The summed E-state index contributed by atoms with van der Waals surface area (Å²) in [6, 6.07) is 7.91. The van der Waals surface area contributed by atoms with Crippen LogP contribution in [0.5, 0.6) is 5.75 Å². The van der Waals surface area contributed by atoms with Crippen molar-refractivity contribution in [1.29, 1.82) is 0 Å². The Bertz CT molecular complexity index is 844. The average molecular weight is 387 g/mol. The molecule has 0 atom stereocenters. The predicted octanol–water partition coefficient (Wildman–Crippen LogP) is 3.15. The molecule has 4 rings (SSSR count). The van der Waals surface area contributed by atoms with Crippen LogP contribution in [0.15, 0.2) is 34.2 Å². The third-order valence-corrected chi connectivity index (χ3v) is 6.21. The number of ether oxygens (including phenoxy) is 1. The highest BCUT2D eigenvalue weighted by atomic mass is 32.2. The van der Waals surface area contributed by atoms with Crippen molar-refractivity contribution in [1.82, 2.24) is 14.6 Å². The third kappa shape index (κ3) is 4.14. The fourth-order valence-electron chi connectivity index (χ4n) is 3.62. The molecule has 2 aliphatic heterocycles. The predicted molar refractivity (Wildman–Crippen MR) is 109 cm³/mol. The molecule has 0 spiro atoms. The Balaban J connectivity index is 1.68. The number of methoxy groups -OCH3 is 1. The topological polar surface area (TPSA) is 59.4 Å². The fraction of sp³-hybridized carbons (Fsp3) is 0.500. The largest absolute Gasteiger partial charge is 0.497 e. The van der Waals surface area contributed by atoms with Gasteiger partial charge in [0.1, 0.15) is 5.75 Å². The summed E-state index contributed by atoms with van der Waals surface area (Å²) in [6.07, 6.45) is 5.21. The summed E-state index contributed by atoms with van der Waals surface area (Å²) in [5.41, 5.74) is 5.37. The van der Waals surface area contributed by atoms with Crippen LogP contribution in [-0.4, -0.2) is 40.5 Å². The number of nitrogens with one attached hydrogen (secondary N) is 1. The first-order valence-corrected chi connectivity index (χ1v) is 10.6. The molecule has 0 amide bonds. The Morgan fingerprint density at radius 2 is 1.89 bits per heavy atom. The monoisotopic (exact) mass is 386 g/mol. The molecule has 3 heterocycles. The lowest BCUT2D eigenvalue weighted by Gasteiger charge is -2.29. The molecule has 1 N–H and O–H groups in total. The highest BCUT2D eigenvalue weighted by Gasteiger charge is 2.21. The summed E-state index contributed by atoms with van der Waals surface area (Å²) >= 11 is 1.68. The Labute approximate surface area is 163 Å². The summed E-state index contributed by atoms with van der Waals surface area (Å²) < 4.78 is 7.08. The van der Waals surface area contributed by atoms with Crippen molar-refractivity contribution < 1.29 is 4.74 Å². The molecule has 2 aromatic rings. The van der Waals surface area contributed by atoms with Crippen LogP contribution in [0.1, 0.15) is 36.8 Å². The summed E-state index contributed by atoms with van der Waals surface area (Å²) in [6.45, 7) is 2.75. The maximum absolute atomic E-state index is 13.2. The molecule has 0 unspecified atom stereocenters. The van der Waals surface area contributed by atoms with Gasteiger partial charge >= 0.3 is 0 Å². The number of hydrogen-bond donors (Lipinski definition) is 1. The molecule has 1 fully saturated rings. The molecule has 27 heavy (non-hydrogen) atoms. The number of anilines is 1. The summed E-state index contributed by atoms with van der Waals surface area (Å²) in [5.74, 6) is 2.56. The minimum absolute atomic E-state index is 0.0857. The minimum Gasteiger partial charge on any atom is -0.497 e. The number of piperidine rings is 1. The van der Waals surface area contributed by atoms with Gasteiger partial charge in [-0.05, 0) is 37.0 Å². The molecule has 6 nitrogen and oxygen atoms in total. The summed E-state index contributed by atoms with van der Waals surface area (Å²) in [7, 11) is 1.66. The molecule has 144 valence electrons. The zero-order chi connectivity index (χ0) is 18.6. The van der Waals surface area contributed by atoms with Crippen LogP contribution in [0.4, 0.5) is 5.82 Å². The van der Waals surface area contributed by atoms with Crippen LogP contribution < -0.4 is 15.7 Å². The van der Waals surface area contributed by atoms with Gasteiger partial charge in [-0.15, -0.1) is 0 Å². The molecule has 0 bridgehead atoms. The zero-order valence-corrected chi connectivity index (χ0v) is 16.6. The van der Waals surface area contributed by atoms with Gasteiger partial charge in [0, 0.05) is 31.8 Å². The first-order valence-electron chi connectivity index (χ1n) is 9.65. The van der Waals surface area contributed by atoms with E-state index < -0.39 is 0 Å². The van der Waals surface area contributed by atoms with E-state index in [9.17, 15) is 4.79 Å². The van der Waals surface area contributed by atoms with Crippen molar-refractivity contribution in [2.24, 2.45) is 0 Å². The highest BCUT2D eigenvalue weighted by Crippen LogP contribution is 2.26. The Hall–Kier alpha value is -1.99. The van der Waals surface area contributed by atoms with Crippen molar-refractivity contribution >= 4 is 17.6 Å². The molecule has 1 aromatic carbocycles. The smallest absolute Gasteiger partial charge is 0.259 e. The molecule has 1 aromatic heterocycles. The molecule has 1 saturated heterocycles. The second-order valence-electron chi connectivity index (χ2n) is 7.06. The van der Waals surface area contributed by atoms with Gasteiger partial charge in [-0.1, -0.05) is 30.3 Å². The van der Waals surface area contributed by atoms with E-state index in [-0.39, 0.29) is 5.56 Å². The minimum atomic E-state index is 0.0857. The van der Waals surface area contributed by atoms with E-state index in [0.717, 1.165) is 59.7 Å². The molecule has 7 heteroatoms. The van der Waals surface area contributed by atoms with Crippen molar-refractivity contribution in [3.05, 3.63) is 45.7 Å². The van der Waals surface area contributed by atoms with E-state index in [1.54, 1.807) is 18.9 Å². The van der Waals surface area contributed by atoms with Crippen LogP contribution in [0, 0.1) is 0 Å². The average Bonchev–Trinajstić information content (AvgIpc) is 2.72. The number of fused-ring (bicyclic) bond motifs is 1. The first kappa shape index (κ1) is 18.4. The van der Waals surface area contributed by atoms with E-state index in [4.69, 9.17) is 9.72 Å². The highest BCUT2D eigenvalue weighted by molar-refractivity contribution is 7.99. The van der Waals surface area contributed by atoms with Gasteiger partial charge in [0.25, 0.3) is 5.56 Å². The van der Waals surface area contributed by atoms with Crippen LogP contribution in [-0.2, 0) is 13.0 Å². The number of thioether (sulfide) groups is 1. The van der Waals surface area contributed by atoms with E-state index >= 15 is 0 Å². The normalized spacial score (nSPS) is 17.4. The van der Waals surface area contributed by atoms with Gasteiger partial charge in [-0.2, -0.15) is 0 Å². The van der Waals surface area contributed by atoms with Gasteiger partial charge in [0.15, 0.2) is 11.0 Å². The standard InChI is InChI=1S/C20H26N4O2S/c1-26-16-8-6-15(7-9-16)14-17-18(22-23-10-3-2-4-11-23)21-20-24(19(17)25)12-5-13-27-20/h6-9,22H,2-5,10-14H2,1H3. The van der Waals surface area contributed by atoms with Crippen molar-refractivity contribution in [2.45, 2.75) is 43.8 Å². The first-order chi connectivity index (χ1) is 13.2. The van der Waals surface area contributed by atoms with Crippen molar-refractivity contribution in [3.63, 3.8) is 0 Å². The third-order valence-electron chi connectivity index (χ3n) is 5.14. The SMILES string of the molecule is COc1ccc(Cc2c(NN3CCCCC3)nc3n(c2=O)CCCS3)cc1. The lowest BCUT2D eigenvalue weighted by Crippen LogP contribution is -2.38. The van der Waals surface area contributed by atoms with E-state index in [0.29, 0.717) is 6.42 Å². The quantitative estimate of drug-likeness (QED) is 0.797. The van der Waals surface area contributed by atoms with Gasteiger partial charge in [0.05, 0.1) is 12.7 Å². The van der Waals surface area contributed by atoms with E-state index in [1.165, 1.54) is 19.3 Å². The second kappa shape index (κ2) is 8.35. The van der Waals surface area contributed by atoms with Crippen LogP contribution in [0.25, 0.3) is 0 Å². The van der Waals surface area contributed by atoms with E-state index in [1.807, 2.05) is 28.8 Å². The van der Waals surface area contributed by atoms with Crippen molar-refractivity contribution in [2.75, 3.05) is 31.4 Å². The number of nitrogens with zero attached hydrogens (tertiary/aromatic N) is 3. The number of rotatable bonds is 5. The molecule has 0 saturated carbocycles. The van der Waals surface area contributed by atoms with Gasteiger partial charge in [-0.25, -0.2) is 9.99 Å². The summed E-state index contributed by atoms with van der Waals surface area (Å²) in [5, 5.41) is 3.04. The van der Waals surface area contributed by atoms with Gasteiger partial charge in [0.2, 0.25) is 0 Å². The van der Waals surface area contributed by atoms with Crippen LogP contribution in [0.2, 0.25) is 0 Å². The number of benzene rings is 1. The number of aromatic nitrogens is 2. The molecule has 0 radical (unpaired) electrons. The Morgan fingerprint density at radius 3 is 2.63 bits per heavy atom. The number of hydrogen-bond acceptors (Lipinski definition) is 6.